The molecule has 0 amide bonds. The molecule has 0 saturated heterocycles. The van der Waals surface area contributed by atoms with Crippen molar-refractivity contribution in [1.82, 2.24) is 9.78 Å². The third-order valence-corrected chi connectivity index (χ3v) is 2.69. The van der Waals surface area contributed by atoms with E-state index < -0.39 is 6.10 Å². The van der Waals surface area contributed by atoms with Gasteiger partial charge in [0.25, 0.3) is 5.56 Å². The lowest BCUT2D eigenvalue weighted by atomic mass is 10.2. The maximum absolute atomic E-state index is 13.3. The highest BCUT2D eigenvalue weighted by Crippen LogP contribution is 2.07. The second-order valence-electron chi connectivity index (χ2n) is 4.30. The van der Waals surface area contributed by atoms with E-state index in [1.54, 1.807) is 18.2 Å². The second kappa shape index (κ2) is 6.93. The Hall–Kier alpha value is -2.05. The zero-order valence-corrected chi connectivity index (χ0v) is 10.8. The van der Waals surface area contributed by atoms with Crippen LogP contribution in [0.1, 0.15) is 5.56 Å². The Balaban J connectivity index is 1.81. The van der Waals surface area contributed by atoms with E-state index in [0.29, 0.717) is 5.56 Å². The number of hydrogen-bond donors (Lipinski definition) is 1. The van der Waals surface area contributed by atoms with Crippen molar-refractivity contribution >= 4 is 0 Å². The van der Waals surface area contributed by atoms with Crippen molar-refractivity contribution in [1.29, 1.82) is 0 Å². The number of aliphatic hydroxyl groups is 1. The summed E-state index contributed by atoms with van der Waals surface area (Å²) in [4.78, 5) is 11.4. The molecular weight excluding hydrogens is 263 g/mol. The van der Waals surface area contributed by atoms with Crippen LogP contribution in [-0.4, -0.2) is 27.6 Å². The standard InChI is InChI=1S/C14H15FN2O3/c15-13-5-2-1-4-11(13)9-20-10-12(18)8-17-14(19)6-3-7-16-17/h1-7,12,18H,8-10H2. The van der Waals surface area contributed by atoms with Crippen LogP contribution in [0.15, 0.2) is 47.4 Å². The molecule has 5 nitrogen and oxygen atoms in total. The van der Waals surface area contributed by atoms with Gasteiger partial charge in [0, 0.05) is 17.8 Å². The van der Waals surface area contributed by atoms with Crippen molar-refractivity contribution < 1.29 is 14.2 Å². The Morgan fingerprint density at radius 2 is 2.10 bits per heavy atom. The van der Waals surface area contributed by atoms with E-state index in [-0.39, 0.29) is 31.1 Å². The van der Waals surface area contributed by atoms with E-state index in [2.05, 4.69) is 5.10 Å². The summed E-state index contributed by atoms with van der Waals surface area (Å²) in [6.07, 6.45) is 0.586. The van der Waals surface area contributed by atoms with Gasteiger partial charge in [-0.25, -0.2) is 9.07 Å². The van der Waals surface area contributed by atoms with Gasteiger partial charge in [-0.2, -0.15) is 5.10 Å². The minimum Gasteiger partial charge on any atom is -0.389 e. The van der Waals surface area contributed by atoms with Crippen molar-refractivity contribution in [2.24, 2.45) is 0 Å². The van der Waals surface area contributed by atoms with Gasteiger partial charge in [0.05, 0.1) is 25.9 Å². The number of nitrogens with zero attached hydrogens (tertiary/aromatic N) is 2. The lowest BCUT2D eigenvalue weighted by Crippen LogP contribution is -2.30. The molecule has 0 spiro atoms. The first-order valence-electron chi connectivity index (χ1n) is 6.18. The van der Waals surface area contributed by atoms with E-state index >= 15 is 0 Å². The number of halogens is 1. The third kappa shape index (κ3) is 3.97. The number of hydrogen-bond acceptors (Lipinski definition) is 4. The fourth-order valence-corrected chi connectivity index (χ4v) is 1.70. The quantitative estimate of drug-likeness (QED) is 0.855. The smallest absolute Gasteiger partial charge is 0.266 e. The molecule has 0 aliphatic rings. The summed E-state index contributed by atoms with van der Waals surface area (Å²) < 4.78 is 19.7. The van der Waals surface area contributed by atoms with E-state index in [1.165, 1.54) is 24.4 Å². The zero-order chi connectivity index (χ0) is 14.4. The monoisotopic (exact) mass is 278 g/mol. The highest BCUT2D eigenvalue weighted by Gasteiger charge is 2.08. The van der Waals surface area contributed by atoms with Gasteiger partial charge in [0.1, 0.15) is 5.82 Å². The molecule has 1 unspecified atom stereocenters. The fourth-order valence-electron chi connectivity index (χ4n) is 1.70. The van der Waals surface area contributed by atoms with Gasteiger partial charge in [-0.3, -0.25) is 4.79 Å². The number of ether oxygens (including phenoxy) is 1. The molecule has 1 N–H and O–H groups in total. The highest BCUT2D eigenvalue weighted by atomic mass is 19.1. The molecule has 0 bridgehead atoms. The van der Waals surface area contributed by atoms with Gasteiger partial charge < -0.3 is 9.84 Å². The average molecular weight is 278 g/mol. The molecule has 0 aliphatic carbocycles. The lowest BCUT2D eigenvalue weighted by Gasteiger charge is -2.12. The molecule has 0 aliphatic heterocycles. The molecule has 1 heterocycles. The van der Waals surface area contributed by atoms with Crippen LogP contribution in [0, 0.1) is 5.82 Å². The first-order valence-corrected chi connectivity index (χ1v) is 6.18. The van der Waals surface area contributed by atoms with Crippen molar-refractivity contribution in [3.05, 3.63) is 64.3 Å². The molecule has 6 heteroatoms. The van der Waals surface area contributed by atoms with Gasteiger partial charge in [0.2, 0.25) is 0 Å². The van der Waals surface area contributed by atoms with E-state index in [4.69, 9.17) is 4.74 Å². The molecule has 0 fully saturated rings. The first-order chi connectivity index (χ1) is 9.66. The van der Waals surface area contributed by atoms with Gasteiger partial charge in [-0.15, -0.1) is 0 Å². The summed E-state index contributed by atoms with van der Waals surface area (Å²) in [5.74, 6) is -0.345. The lowest BCUT2D eigenvalue weighted by molar-refractivity contribution is 0.0171. The molecule has 2 aromatic rings. The normalized spacial score (nSPS) is 12.3. The molecule has 0 radical (unpaired) electrons. The second-order valence-corrected chi connectivity index (χ2v) is 4.30. The van der Waals surface area contributed by atoms with Crippen LogP contribution in [0.25, 0.3) is 0 Å². The Kier molecular flexibility index (Phi) is 4.97. The Morgan fingerprint density at radius 3 is 2.85 bits per heavy atom. The molecule has 1 aromatic carbocycles. The average Bonchev–Trinajstić information content (AvgIpc) is 2.43. The Morgan fingerprint density at radius 1 is 1.30 bits per heavy atom. The molecule has 106 valence electrons. The van der Waals surface area contributed by atoms with Gasteiger partial charge >= 0.3 is 0 Å². The molecule has 20 heavy (non-hydrogen) atoms. The van der Waals surface area contributed by atoms with Crippen LogP contribution >= 0.6 is 0 Å². The van der Waals surface area contributed by atoms with E-state index in [9.17, 15) is 14.3 Å². The predicted octanol–water partition coefficient (Wildman–Crippen LogP) is 0.960. The Bertz CT molecular complexity index is 615. The van der Waals surface area contributed by atoms with Crippen molar-refractivity contribution in [3.8, 4) is 0 Å². The Labute approximate surface area is 115 Å². The van der Waals surface area contributed by atoms with Gasteiger partial charge in [-0.05, 0) is 12.1 Å². The highest BCUT2D eigenvalue weighted by molar-refractivity contribution is 5.16. The van der Waals surface area contributed by atoms with Gasteiger partial charge in [0.15, 0.2) is 0 Å². The number of aliphatic hydroxyl groups excluding tert-OH is 1. The maximum atomic E-state index is 13.3. The van der Waals surface area contributed by atoms with Crippen molar-refractivity contribution in [2.75, 3.05) is 6.61 Å². The minimum absolute atomic E-state index is 0.00263. The molecule has 1 aromatic heterocycles. The first kappa shape index (κ1) is 14.4. The topological polar surface area (TPSA) is 64.4 Å². The van der Waals surface area contributed by atoms with Crippen LogP contribution in [0.4, 0.5) is 4.39 Å². The maximum Gasteiger partial charge on any atom is 0.266 e. The van der Waals surface area contributed by atoms with Crippen LogP contribution < -0.4 is 5.56 Å². The molecule has 0 saturated carbocycles. The predicted molar refractivity (Wildman–Crippen MR) is 70.6 cm³/mol. The molecule has 1 atom stereocenters. The van der Waals surface area contributed by atoms with E-state index in [0.717, 1.165) is 4.68 Å². The SMILES string of the molecule is O=c1cccnn1CC(O)COCc1ccccc1F. The minimum atomic E-state index is -0.880. The molecule has 2 rings (SSSR count). The number of aromatic nitrogens is 2. The fraction of sp³-hybridized carbons (Fsp3) is 0.286. The van der Waals surface area contributed by atoms with Crippen molar-refractivity contribution in [3.63, 3.8) is 0 Å². The van der Waals surface area contributed by atoms with Crippen LogP contribution in [0.3, 0.4) is 0 Å². The zero-order valence-electron chi connectivity index (χ0n) is 10.8. The summed E-state index contributed by atoms with van der Waals surface area (Å²) in [5, 5.41) is 13.6. The van der Waals surface area contributed by atoms with Gasteiger partial charge in [-0.1, -0.05) is 18.2 Å². The van der Waals surface area contributed by atoms with Crippen LogP contribution in [0.5, 0.6) is 0 Å². The van der Waals surface area contributed by atoms with E-state index in [1.807, 2.05) is 0 Å². The summed E-state index contributed by atoms with van der Waals surface area (Å²) in [7, 11) is 0. The number of benzene rings is 1. The summed E-state index contributed by atoms with van der Waals surface area (Å²) in [6, 6.07) is 9.17. The van der Waals surface area contributed by atoms with Crippen LogP contribution in [-0.2, 0) is 17.9 Å². The summed E-state index contributed by atoms with van der Waals surface area (Å²) in [5.41, 5.74) is 0.135. The largest absolute Gasteiger partial charge is 0.389 e. The molecular formula is C14H15FN2O3. The third-order valence-electron chi connectivity index (χ3n) is 2.69. The summed E-state index contributed by atoms with van der Waals surface area (Å²) >= 11 is 0. The summed E-state index contributed by atoms with van der Waals surface area (Å²) in [6.45, 7) is 0.106. The van der Waals surface area contributed by atoms with Crippen LogP contribution in [0.2, 0.25) is 0 Å². The van der Waals surface area contributed by atoms with Crippen molar-refractivity contribution in [2.45, 2.75) is 19.3 Å². The number of rotatable bonds is 6.